The van der Waals surface area contributed by atoms with Gasteiger partial charge in [0.2, 0.25) is 5.82 Å². The number of Topliss-reactive ketones (excluding diaryl/α,β-unsaturated/α-hetero) is 1. The second kappa shape index (κ2) is 5.94. The van der Waals surface area contributed by atoms with Crippen LogP contribution in [0, 0.1) is 22.2 Å². The van der Waals surface area contributed by atoms with Crippen molar-refractivity contribution in [3.05, 3.63) is 35.9 Å². The summed E-state index contributed by atoms with van der Waals surface area (Å²) < 4.78 is 29.0. The van der Waals surface area contributed by atoms with Gasteiger partial charge in [0.25, 0.3) is 0 Å². The molecule has 1 aliphatic carbocycles. The molecule has 3 rings (SSSR count). The lowest BCUT2D eigenvalue weighted by Crippen LogP contribution is -2.44. The molecule has 2 aliphatic rings. The number of amides is 1. The first-order chi connectivity index (χ1) is 12.1. The summed E-state index contributed by atoms with van der Waals surface area (Å²) in [5.41, 5.74) is -1.39. The number of alkyl halides is 2. The summed E-state index contributed by atoms with van der Waals surface area (Å²) in [6, 6.07) is 3.29. The van der Waals surface area contributed by atoms with Gasteiger partial charge in [-0.15, -0.1) is 0 Å². The highest BCUT2D eigenvalue weighted by Crippen LogP contribution is 2.48. The molecule has 26 heavy (non-hydrogen) atoms. The number of ketones is 1. The molecule has 1 fully saturated rings. The lowest BCUT2D eigenvalue weighted by molar-refractivity contribution is -0.159. The summed E-state index contributed by atoms with van der Waals surface area (Å²) in [4.78, 5) is 32.8. The highest BCUT2D eigenvalue weighted by atomic mass is 19.3. The molecule has 2 heterocycles. The van der Waals surface area contributed by atoms with Crippen LogP contribution >= 0.6 is 0 Å². The van der Waals surface area contributed by atoms with E-state index in [1.807, 2.05) is 6.07 Å². The standard InChI is InChI=1S/C18H18F2N4O2/c1-16(2)10-17(8-12(9-21)13(16)25)4-7-24(11-17)15(26)18(19,20)14-22-5-3-6-23-14/h3,5-6,8H,4,7,10-11H2,1-2H3/t17-/m1/s1. The fourth-order valence-corrected chi connectivity index (χ4v) is 3.92. The van der Waals surface area contributed by atoms with Crippen molar-refractivity contribution in [2.24, 2.45) is 10.8 Å². The van der Waals surface area contributed by atoms with Crippen LogP contribution in [0.25, 0.3) is 0 Å². The number of halogens is 2. The van der Waals surface area contributed by atoms with Gasteiger partial charge < -0.3 is 4.90 Å². The minimum Gasteiger partial charge on any atom is -0.336 e. The third-order valence-corrected chi connectivity index (χ3v) is 5.01. The maximum Gasteiger partial charge on any atom is 0.383 e. The Labute approximate surface area is 149 Å². The second-order valence-corrected chi connectivity index (χ2v) is 7.55. The molecular formula is C18H18F2N4O2. The topological polar surface area (TPSA) is 87.0 Å². The third-order valence-electron chi connectivity index (χ3n) is 5.01. The van der Waals surface area contributed by atoms with Crippen molar-refractivity contribution < 1.29 is 18.4 Å². The van der Waals surface area contributed by atoms with Gasteiger partial charge in [0.15, 0.2) is 5.78 Å². The van der Waals surface area contributed by atoms with Gasteiger partial charge >= 0.3 is 11.8 Å². The Bertz CT molecular complexity index is 829. The molecule has 1 aromatic heterocycles. The van der Waals surface area contributed by atoms with E-state index in [1.165, 1.54) is 6.07 Å². The van der Waals surface area contributed by atoms with Gasteiger partial charge in [-0.25, -0.2) is 9.97 Å². The molecule has 0 saturated carbocycles. The number of hydrogen-bond acceptors (Lipinski definition) is 5. The quantitative estimate of drug-likeness (QED) is 0.807. The zero-order valence-corrected chi connectivity index (χ0v) is 14.5. The van der Waals surface area contributed by atoms with Crippen molar-refractivity contribution in [2.75, 3.05) is 13.1 Å². The molecule has 1 amide bonds. The van der Waals surface area contributed by atoms with E-state index < -0.39 is 28.5 Å². The number of likely N-dealkylation sites (tertiary alicyclic amines) is 1. The van der Waals surface area contributed by atoms with Crippen LogP contribution in [-0.2, 0) is 15.5 Å². The summed E-state index contributed by atoms with van der Waals surface area (Å²) in [7, 11) is 0. The average molecular weight is 360 g/mol. The summed E-state index contributed by atoms with van der Waals surface area (Å²) in [6.45, 7) is 3.63. The average Bonchev–Trinajstić information content (AvgIpc) is 3.01. The van der Waals surface area contributed by atoms with Crippen molar-refractivity contribution in [3.8, 4) is 6.07 Å². The molecule has 1 saturated heterocycles. The molecule has 0 aromatic carbocycles. The van der Waals surface area contributed by atoms with Crippen LogP contribution in [0.5, 0.6) is 0 Å². The van der Waals surface area contributed by atoms with Gasteiger partial charge in [-0.3, -0.25) is 9.59 Å². The number of aromatic nitrogens is 2. The lowest BCUT2D eigenvalue weighted by Gasteiger charge is -2.38. The molecule has 6 nitrogen and oxygen atoms in total. The number of rotatable bonds is 2. The predicted octanol–water partition coefficient (Wildman–Crippen LogP) is 2.24. The predicted molar refractivity (Wildman–Crippen MR) is 86.7 cm³/mol. The molecule has 1 aliphatic heterocycles. The molecule has 1 atom stereocenters. The number of carbonyl (C=O) groups is 2. The zero-order chi connectivity index (χ0) is 19.2. The van der Waals surface area contributed by atoms with E-state index in [0.717, 1.165) is 17.3 Å². The van der Waals surface area contributed by atoms with Crippen molar-refractivity contribution in [1.82, 2.24) is 14.9 Å². The van der Waals surface area contributed by atoms with Crippen LogP contribution in [0.2, 0.25) is 0 Å². The first-order valence-electron chi connectivity index (χ1n) is 8.24. The lowest BCUT2D eigenvalue weighted by atomic mass is 9.64. The molecule has 1 spiro atoms. The van der Waals surface area contributed by atoms with Gasteiger partial charge in [-0.1, -0.05) is 19.9 Å². The number of allylic oxidation sites excluding steroid dienone is 1. The Morgan fingerprint density at radius 3 is 2.62 bits per heavy atom. The molecule has 0 N–H and O–H groups in total. The van der Waals surface area contributed by atoms with Gasteiger partial charge in [0.05, 0.1) is 5.57 Å². The maximum atomic E-state index is 14.5. The van der Waals surface area contributed by atoms with Crippen molar-refractivity contribution >= 4 is 11.7 Å². The minimum absolute atomic E-state index is 0.0358. The maximum absolute atomic E-state index is 14.5. The highest BCUT2D eigenvalue weighted by molar-refractivity contribution is 6.03. The smallest absolute Gasteiger partial charge is 0.336 e. The Hall–Kier alpha value is -2.69. The largest absolute Gasteiger partial charge is 0.383 e. The van der Waals surface area contributed by atoms with Crippen molar-refractivity contribution in [2.45, 2.75) is 32.6 Å². The fraction of sp³-hybridized carbons (Fsp3) is 0.500. The molecule has 1 aromatic rings. The van der Waals surface area contributed by atoms with Crippen LogP contribution in [0.3, 0.4) is 0 Å². The monoisotopic (exact) mass is 360 g/mol. The van der Waals surface area contributed by atoms with Crippen LogP contribution in [0.4, 0.5) is 8.78 Å². The number of nitrogens with zero attached hydrogens (tertiary/aromatic N) is 4. The van der Waals surface area contributed by atoms with E-state index in [4.69, 9.17) is 0 Å². The van der Waals surface area contributed by atoms with Crippen LogP contribution in [0.15, 0.2) is 30.1 Å². The summed E-state index contributed by atoms with van der Waals surface area (Å²) in [5, 5.41) is 9.23. The van der Waals surface area contributed by atoms with E-state index in [2.05, 4.69) is 9.97 Å². The first-order valence-corrected chi connectivity index (χ1v) is 8.24. The summed E-state index contributed by atoms with van der Waals surface area (Å²) in [6.07, 6.45) is 4.71. The number of hydrogen-bond donors (Lipinski definition) is 0. The number of carbonyl (C=O) groups excluding carboxylic acids is 2. The Balaban J connectivity index is 1.87. The normalized spacial score (nSPS) is 25.1. The van der Waals surface area contributed by atoms with E-state index in [-0.39, 0.29) is 24.4 Å². The van der Waals surface area contributed by atoms with Gasteiger partial charge in [0.1, 0.15) is 6.07 Å². The first kappa shape index (κ1) is 18.1. The molecule has 0 bridgehead atoms. The molecule has 0 unspecified atom stereocenters. The zero-order valence-electron chi connectivity index (χ0n) is 14.5. The van der Waals surface area contributed by atoms with Crippen LogP contribution in [-0.4, -0.2) is 39.6 Å². The van der Waals surface area contributed by atoms with Gasteiger partial charge in [-0.05, 0) is 18.9 Å². The van der Waals surface area contributed by atoms with Crippen molar-refractivity contribution in [3.63, 3.8) is 0 Å². The van der Waals surface area contributed by atoms with E-state index in [1.54, 1.807) is 19.9 Å². The Morgan fingerprint density at radius 2 is 2.00 bits per heavy atom. The molecule has 136 valence electrons. The second-order valence-electron chi connectivity index (χ2n) is 7.55. The van der Waals surface area contributed by atoms with E-state index >= 15 is 0 Å². The highest BCUT2D eigenvalue weighted by Gasteiger charge is 2.53. The third kappa shape index (κ3) is 2.87. The minimum atomic E-state index is -3.82. The molecule has 8 heteroatoms. The van der Waals surface area contributed by atoms with Gasteiger partial charge in [0, 0.05) is 36.3 Å². The fourth-order valence-electron chi connectivity index (χ4n) is 3.92. The van der Waals surface area contributed by atoms with Gasteiger partial charge in [-0.2, -0.15) is 14.0 Å². The molecule has 0 radical (unpaired) electrons. The Kier molecular flexibility index (Phi) is 4.14. The molecular weight excluding hydrogens is 342 g/mol. The number of nitriles is 1. The van der Waals surface area contributed by atoms with E-state index in [0.29, 0.717) is 12.8 Å². The van der Waals surface area contributed by atoms with Crippen LogP contribution in [0.1, 0.15) is 32.5 Å². The summed E-state index contributed by atoms with van der Waals surface area (Å²) >= 11 is 0. The Morgan fingerprint density at radius 1 is 1.35 bits per heavy atom. The van der Waals surface area contributed by atoms with Crippen molar-refractivity contribution in [1.29, 1.82) is 5.26 Å². The van der Waals surface area contributed by atoms with Crippen LogP contribution < -0.4 is 0 Å². The van der Waals surface area contributed by atoms with E-state index in [9.17, 15) is 23.6 Å². The summed E-state index contributed by atoms with van der Waals surface area (Å²) in [5.74, 6) is -6.27. The SMILES string of the molecule is CC1(C)C[C@]2(C=C(C#N)C1=O)CCN(C(=O)C(F)(F)c1ncccn1)C2.